The van der Waals surface area contributed by atoms with Crippen molar-refractivity contribution in [3.05, 3.63) is 68.9 Å². The molecule has 18 heavy (non-hydrogen) atoms. The highest BCUT2D eigenvalue weighted by Crippen LogP contribution is 2.26. The van der Waals surface area contributed by atoms with Gasteiger partial charge in [0.25, 0.3) is 0 Å². The standard InChI is InChI=1S/C14H11BrClFO/c15-10-3-1-9(2-4-10)7-14(18)12-8-11(17)5-6-13(12)16/h1-6,8,14,18H,7H2. The maximum absolute atomic E-state index is 13.1. The van der Waals surface area contributed by atoms with Gasteiger partial charge in [-0.15, -0.1) is 0 Å². The first-order valence-corrected chi connectivity index (χ1v) is 6.61. The van der Waals surface area contributed by atoms with Crippen LogP contribution in [0.5, 0.6) is 0 Å². The van der Waals surface area contributed by atoms with Gasteiger partial charge in [0.05, 0.1) is 6.10 Å². The molecule has 0 heterocycles. The lowest BCUT2D eigenvalue weighted by Crippen LogP contribution is -2.03. The monoisotopic (exact) mass is 328 g/mol. The molecule has 0 saturated carbocycles. The van der Waals surface area contributed by atoms with E-state index in [-0.39, 0.29) is 0 Å². The van der Waals surface area contributed by atoms with Crippen LogP contribution in [0, 0.1) is 5.82 Å². The first-order valence-electron chi connectivity index (χ1n) is 5.44. The summed E-state index contributed by atoms with van der Waals surface area (Å²) in [5, 5.41) is 10.5. The van der Waals surface area contributed by atoms with Gasteiger partial charge in [0.2, 0.25) is 0 Å². The fraction of sp³-hybridized carbons (Fsp3) is 0.143. The quantitative estimate of drug-likeness (QED) is 0.878. The van der Waals surface area contributed by atoms with E-state index in [1.807, 2.05) is 24.3 Å². The van der Waals surface area contributed by atoms with E-state index in [0.29, 0.717) is 17.0 Å². The summed E-state index contributed by atoms with van der Waals surface area (Å²) in [6.45, 7) is 0. The third kappa shape index (κ3) is 3.31. The van der Waals surface area contributed by atoms with Gasteiger partial charge < -0.3 is 5.11 Å². The molecule has 0 spiro atoms. The molecule has 0 bridgehead atoms. The number of hydrogen-bond acceptors (Lipinski definition) is 1. The lowest BCUT2D eigenvalue weighted by Gasteiger charge is -2.13. The first-order chi connectivity index (χ1) is 8.56. The Balaban J connectivity index is 2.18. The van der Waals surface area contributed by atoms with E-state index < -0.39 is 11.9 Å². The van der Waals surface area contributed by atoms with Crippen LogP contribution in [0.1, 0.15) is 17.2 Å². The van der Waals surface area contributed by atoms with Gasteiger partial charge in [0.1, 0.15) is 5.82 Å². The fourth-order valence-corrected chi connectivity index (χ4v) is 2.23. The second-order valence-corrected chi connectivity index (χ2v) is 5.34. The number of aliphatic hydroxyl groups is 1. The van der Waals surface area contributed by atoms with Gasteiger partial charge in [-0.2, -0.15) is 0 Å². The topological polar surface area (TPSA) is 20.2 Å². The molecule has 0 aliphatic heterocycles. The van der Waals surface area contributed by atoms with Crippen molar-refractivity contribution in [2.24, 2.45) is 0 Å². The molecule has 0 aliphatic carbocycles. The third-order valence-electron chi connectivity index (χ3n) is 2.66. The molecule has 1 atom stereocenters. The number of aliphatic hydroxyl groups excluding tert-OH is 1. The van der Waals surface area contributed by atoms with E-state index in [0.717, 1.165) is 10.0 Å². The van der Waals surface area contributed by atoms with E-state index in [2.05, 4.69) is 15.9 Å². The summed E-state index contributed by atoms with van der Waals surface area (Å²) < 4.78 is 14.1. The Bertz CT molecular complexity index is 542. The molecule has 0 aliphatic rings. The number of halogens is 3. The lowest BCUT2D eigenvalue weighted by atomic mass is 10.0. The molecule has 0 radical (unpaired) electrons. The molecule has 1 unspecified atom stereocenters. The van der Waals surface area contributed by atoms with E-state index in [4.69, 9.17) is 11.6 Å². The zero-order valence-electron chi connectivity index (χ0n) is 9.41. The van der Waals surface area contributed by atoms with Crippen LogP contribution in [-0.2, 0) is 6.42 Å². The molecule has 2 aromatic rings. The van der Waals surface area contributed by atoms with Crippen LogP contribution in [0.4, 0.5) is 4.39 Å². The predicted molar refractivity (Wildman–Crippen MR) is 74.2 cm³/mol. The maximum Gasteiger partial charge on any atom is 0.123 e. The Morgan fingerprint density at radius 1 is 1.17 bits per heavy atom. The highest BCUT2D eigenvalue weighted by Gasteiger charge is 2.13. The molecular formula is C14H11BrClFO. The van der Waals surface area contributed by atoms with E-state index in [1.54, 1.807) is 0 Å². The van der Waals surface area contributed by atoms with Crippen LogP contribution in [0.3, 0.4) is 0 Å². The first kappa shape index (κ1) is 13.5. The lowest BCUT2D eigenvalue weighted by molar-refractivity contribution is 0.178. The van der Waals surface area contributed by atoms with Gasteiger partial charge >= 0.3 is 0 Å². The molecule has 0 aromatic heterocycles. The van der Waals surface area contributed by atoms with Crippen LogP contribution in [0.25, 0.3) is 0 Å². The van der Waals surface area contributed by atoms with Gasteiger partial charge in [-0.05, 0) is 35.9 Å². The van der Waals surface area contributed by atoms with Crippen molar-refractivity contribution in [1.29, 1.82) is 0 Å². The molecule has 1 nitrogen and oxygen atoms in total. The van der Waals surface area contributed by atoms with Crippen molar-refractivity contribution in [3.8, 4) is 0 Å². The molecule has 0 amide bonds. The minimum atomic E-state index is -0.811. The minimum Gasteiger partial charge on any atom is -0.388 e. The van der Waals surface area contributed by atoms with E-state index in [9.17, 15) is 9.50 Å². The van der Waals surface area contributed by atoms with Crippen molar-refractivity contribution >= 4 is 27.5 Å². The summed E-state index contributed by atoms with van der Waals surface area (Å²) in [6.07, 6.45) is -0.412. The Morgan fingerprint density at radius 2 is 1.83 bits per heavy atom. The minimum absolute atomic E-state index is 0.376. The zero-order chi connectivity index (χ0) is 13.1. The van der Waals surface area contributed by atoms with Crippen LogP contribution in [0.2, 0.25) is 5.02 Å². The number of hydrogen-bond donors (Lipinski definition) is 1. The summed E-state index contributed by atoms with van der Waals surface area (Å²) in [6, 6.07) is 11.6. The molecule has 4 heteroatoms. The van der Waals surface area contributed by atoms with Crippen LogP contribution in [0.15, 0.2) is 46.9 Å². The highest BCUT2D eigenvalue weighted by molar-refractivity contribution is 9.10. The Morgan fingerprint density at radius 3 is 2.50 bits per heavy atom. The number of benzene rings is 2. The molecular weight excluding hydrogens is 319 g/mol. The maximum atomic E-state index is 13.1. The van der Waals surface area contributed by atoms with Gasteiger partial charge in [-0.25, -0.2) is 4.39 Å². The largest absolute Gasteiger partial charge is 0.388 e. The molecule has 1 N–H and O–H groups in total. The van der Waals surface area contributed by atoms with Crippen molar-refractivity contribution < 1.29 is 9.50 Å². The number of rotatable bonds is 3. The van der Waals surface area contributed by atoms with Gasteiger partial charge in [0.15, 0.2) is 0 Å². The van der Waals surface area contributed by atoms with Crippen molar-refractivity contribution in [3.63, 3.8) is 0 Å². The predicted octanol–water partition coefficient (Wildman–Crippen LogP) is 4.52. The summed E-state index contributed by atoms with van der Waals surface area (Å²) >= 11 is 9.29. The average Bonchev–Trinajstić information content (AvgIpc) is 2.35. The smallest absolute Gasteiger partial charge is 0.123 e. The Labute approximate surface area is 118 Å². The van der Waals surface area contributed by atoms with Crippen molar-refractivity contribution in [2.45, 2.75) is 12.5 Å². The normalized spacial score (nSPS) is 12.4. The zero-order valence-corrected chi connectivity index (χ0v) is 11.7. The molecule has 94 valence electrons. The Hall–Kier alpha value is -0.900. The SMILES string of the molecule is OC(Cc1ccc(Br)cc1)c1cc(F)ccc1Cl. The second kappa shape index (κ2) is 5.83. The van der Waals surface area contributed by atoms with E-state index >= 15 is 0 Å². The van der Waals surface area contributed by atoms with Gasteiger partial charge in [0, 0.05) is 21.5 Å². The summed E-state index contributed by atoms with van der Waals surface area (Å²) in [5.74, 6) is -0.399. The Kier molecular flexibility index (Phi) is 4.38. The van der Waals surface area contributed by atoms with E-state index in [1.165, 1.54) is 18.2 Å². The highest BCUT2D eigenvalue weighted by atomic mass is 79.9. The van der Waals surface area contributed by atoms with Crippen molar-refractivity contribution in [1.82, 2.24) is 0 Å². The summed E-state index contributed by atoms with van der Waals surface area (Å²) in [7, 11) is 0. The molecule has 0 saturated heterocycles. The summed E-state index contributed by atoms with van der Waals surface area (Å²) in [4.78, 5) is 0. The fourth-order valence-electron chi connectivity index (χ4n) is 1.72. The van der Waals surface area contributed by atoms with Crippen LogP contribution in [-0.4, -0.2) is 5.11 Å². The molecule has 0 fully saturated rings. The molecule has 2 rings (SSSR count). The average molecular weight is 330 g/mol. The van der Waals surface area contributed by atoms with Gasteiger partial charge in [-0.1, -0.05) is 39.7 Å². The van der Waals surface area contributed by atoms with Gasteiger partial charge in [-0.3, -0.25) is 0 Å². The third-order valence-corrected chi connectivity index (χ3v) is 3.53. The molecule has 2 aromatic carbocycles. The summed E-state index contributed by atoms with van der Waals surface area (Å²) in [5.41, 5.74) is 1.38. The van der Waals surface area contributed by atoms with Crippen LogP contribution < -0.4 is 0 Å². The van der Waals surface area contributed by atoms with Crippen molar-refractivity contribution in [2.75, 3.05) is 0 Å². The van der Waals surface area contributed by atoms with Crippen LogP contribution >= 0.6 is 27.5 Å². The second-order valence-electron chi connectivity index (χ2n) is 4.01.